The quantitative estimate of drug-likeness (QED) is 0.879. The molecule has 2 N–H and O–H groups in total. The third kappa shape index (κ3) is 1.56. The zero-order valence-corrected chi connectivity index (χ0v) is 9.91. The number of aliphatic imine (C=N–C) groups is 1. The molecule has 0 amide bonds. The first-order valence-electron chi connectivity index (χ1n) is 5.60. The van der Waals surface area contributed by atoms with Gasteiger partial charge in [-0.1, -0.05) is 12.1 Å². The summed E-state index contributed by atoms with van der Waals surface area (Å²) in [5.41, 5.74) is 7.95. The van der Waals surface area contributed by atoms with Crippen LogP contribution in [0.2, 0.25) is 0 Å². The monoisotopic (exact) mass is 243 g/mol. The highest BCUT2D eigenvalue weighted by molar-refractivity contribution is 5.86. The zero-order valence-electron chi connectivity index (χ0n) is 9.91. The topological polar surface area (TPSA) is 64.0 Å². The first-order chi connectivity index (χ1) is 8.81. The number of benzene rings is 1. The van der Waals surface area contributed by atoms with Crippen molar-refractivity contribution in [2.24, 2.45) is 10.7 Å². The van der Waals surface area contributed by atoms with Crippen molar-refractivity contribution in [2.75, 3.05) is 12.0 Å². The highest BCUT2D eigenvalue weighted by atomic mass is 16.5. The highest BCUT2D eigenvalue weighted by Gasteiger charge is 2.25. The third-order valence-electron chi connectivity index (χ3n) is 2.96. The maximum absolute atomic E-state index is 6.21. The molecule has 92 valence electrons. The normalized spacial score (nSPS) is 17.7. The van der Waals surface area contributed by atoms with E-state index in [1.54, 1.807) is 19.7 Å². The lowest BCUT2D eigenvalue weighted by atomic mass is 10.2. The molecule has 1 atom stereocenters. The van der Waals surface area contributed by atoms with Gasteiger partial charge in [0, 0.05) is 0 Å². The number of ether oxygens (including phenoxy) is 1. The predicted molar refractivity (Wildman–Crippen MR) is 69.3 cm³/mol. The third-order valence-corrected chi connectivity index (χ3v) is 2.96. The number of para-hydroxylation sites is 2. The smallest absolute Gasteiger partial charge is 0.226 e. The lowest BCUT2D eigenvalue weighted by Gasteiger charge is -2.29. The predicted octanol–water partition coefficient (Wildman–Crippen LogP) is 2.43. The van der Waals surface area contributed by atoms with Gasteiger partial charge in [-0.2, -0.15) is 0 Å². The summed E-state index contributed by atoms with van der Waals surface area (Å²) in [5, 5.41) is 0. The molecule has 5 heteroatoms. The van der Waals surface area contributed by atoms with Crippen LogP contribution in [0.15, 0.2) is 46.0 Å². The summed E-state index contributed by atoms with van der Waals surface area (Å²) in [5.74, 6) is 1.32. The Morgan fingerprint density at radius 2 is 2.17 bits per heavy atom. The van der Waals surface area contributed by atoms with Crippen molar-refractivity contribution in [1.82, 2.24) is 0 Å². The van der Waals surface area contributed by atoms with Crippen LogP contribution in [0.3, 0.4) is 0 Å². The first kappa shape index (κ1) is 10.9. The number of nitrogens with two attached hydrogens (primary N) is 1. The summed E-state index contributed by atoms with van der Waals surface area (Å²) in [4.78, 5) is 6.09. The molecule has 1 aromatic carbocycles. The Morgan fingerprint density at radius 1 is 1.33 bits per heavy atom. The molecular weight excluding hydrogens is 230 g/mol. The number of furan rings is 1. The van der Waals surface area contributed by atoms with Crippen LogP contribution in [0, 0.1) is 0 Å². The Balaban J connectivity index is 2.04. The Labute approximate surface area is 104 Å². The number of rotatable bonds is 2. The van der Waals surface area contributed by atoms with E-state index in [2.05, 4.69) is 4.99 Å². The molecule has 0 fully saturated rings. The summed E-state index contributed by atoms with van der Waals surface area (Å²) < 4.78 is 10.6. The van der Waals surface area contributed by atoms with E-state index in [9.17, 15) is 0 Å². The van der Waals surface area contributed by atoms with Gasteiger partial charge >= 0.3 is 0 Å². The van der Waals surface area contributed by atoms with E-state index in [0.29, 0.717) is 5.88 Å². The molecule has 0 saturated carbocycles. The molecule has 0 saturated heterocycles. The highest BCUT2D eigenvalue weighted by Crippen LogP contribution is 2.37. The van der Waals surface area contributed by atoms with Crippen molar-refractivity contribution in [3.63, 3.8) is 0 Å². The van der Waals surface area contributed by atoms with Gasteiger partial charge in [0.25, 0.3) is 0 Å². The Hall–Kier alpha value is -2.27. The number of anilines is 1. The van der Waals surface area contributed by atoms with Crippen molar-refractivity contribution >= 4 is 17.9 Å². The number of nitrogens with zero attached hydrogens (tertiary/aromatic N) is 2. The number of hydrogen-bond donors (Lipinski definition) is 1. The van der Waals surface area contributed by atoms with E-state index in [-0.39, 0.29) is 6.17 Å². The molecule has 0 radical (unpaired) electrons. The van der Waals surface area contributed by atoms with E-state index in [4.69, 9.17) is 14.9 Å². The molecule has 0 spiro atoms. The maximum atomic E-state index is 6.21. The molecule has 0 bridgehead atoms. The summed E-state index contributed by atoms with van der Waals surface area (Å²) in [6, 6.07) is 9.51. The minimum atomic E-state index is -0.326. The van der Waals surface area contributed by atoms with Crippen LogP contribution in [0.5, 0.6) is 5.75 Å². The van der Waals surface area contributed by atoms with Crippen molar-refractivity contribution in [3.8, 4) is 5.75 Å². The van der Waals surface area contributed by atoms with Crippen LogP contribution >= 0.6 is 0 Å². The van der Waals surface area contributed by atoms with Crippen molar-refractivity contribution in [3.05, 3.63) is 42.2 Å². The number of methoxy groups -OCH3 is 1. The van der Waals surface area contributed by atoms with Gasteiger partial charge < -0.3 is 19.8 Å². The second kappa shape index (κ2) is 4.19. The SMILES string of the molecule is COc1ccccc1N1C=Nc2occc2C1N. The lowest BCUT2D eigenvalue weighted by Crippen LogP contribution is -2.35. The molecule has 3 rings (SSSR count). The van der Waals surface area contributed by atoms with Crippen molar-refractivity contribution in [2.45, 2.75) is 6.17 Å². The van der Waals surface area contributed by atoms with Gasteiger partial charge in [0.05, 0.1) is 24.6 Å². The molecule has 2 heterocycles. The Kier molecular flexibility index (Phi) is 2.53. The summed E-state index contributed by atoms with van der Waals surface area (Å²) in [7, 11) is 1.63. The van der Waals surface area contributed by atoms with E-state index < -0.39 is 0 Å². The fourth-order valence-corrected chi connectivity index (χ4v) is 2.03. The molecule has 1 aliphatic rings. The van der Waals surface area contributed by atoms with E-state index in [1.165, 1.54) is 0 Å². The largest absolute Gasteiger partial charge is 0.495 e. The number of fused-ring (bicyclic) bond motifs is 1. The van der Waals surface area contributed by atoms with Gasteiger partial charge in [0.15, 0.2) is 0 Å². The van der Waals surface area contributed by atoms with Crippen LogP contribution in [-0.2, 0) is 0 Å². The molecule has 18 heavy (non-hydrogen) atoms. The van der Waals surface area contributed by atoms with Crippen LogP contribution in [-0.4, -0.2) is 13.4 Å². The van der Waals surface area contributed by atoms with Crippen molar-refractivity contribution < 1.29 is 9.15 Å². The number of hydrogen-bond acceptors (Lipinski definition) is 5. The summed E-state index contributed by atoms with van der Waals surface area (Å²) >= 11 is 0. The molecule has 1 unspecified atom stereocenters. The van der Waals surface area contributed by atoms with Crippen LogP contribution in [0.25, 0.3) is 0 Å². The molecule has 2 aromatic rings. The van der Waals surface area contributed by atoms with E-state index in [1.807, 2.05) is 35.2 Å². The Morgan fingerprint density at radius 3 is 3.00 bits per heavy atom. The van der Waals surface area contributed by atoms with Gasteiger partial charge in [-0.25, -0.2) is 4.99 Å². The summed E-state index contributed by atoms with van der Waals surface area (Å²) in [6.07, 6.45) is 2.93. The standard InChI is InChI=1S/C13H13N3O2/c1-17-11-5-3-2-4-10(11)16-8-15-13-9(12(16)14)6-7-18-13/h2-8,12H,14H2,1H3. The van der Waals surface area contributed by atoms with Gasteiger partial charge in [-0.05, 0) is 18.2 Å². The van der Waals surface area contributed by atoms with Gasteiger partial charge in [0.2, 0.25) is 5.88 Å². The Bertz CT molecular complexity index is 591. The van der Waals surface area contributed by atoms with Gasteiger partial charge in [0.1, 0.15) is 18.3 Å². The van der Waals surface area contributed by atoms with Crippen LogP contribution < -0.4 is 15.4 Å². The molecular formula is C13H13N3O2. The van der Waals surface area contributed by atoms with E-state index >= 15 is 0 Å². The van der Waals surface area contributed by atoms with Crippen LogP contribution in [0.4, 0.5) is 11.6 Å². The molecule has 0 aliphatic carbocycles. The average molecular weight is 243 g/mol. The molecule has 1 aliphatic heterocycles. The average Bonchev–Trinajstić information content (AvgIpc) is 2.88. The fraction of sp³-hybridized carbons (Fsp3) is 0.154. The molecule has 5 nitrogen and oxygen atoms in total. The summed E-state index contributed by atoms with van der Waals surface area (Å²) in [6.45, 7) is 0. The first-order valence-corrected chi connectivity index (χ1v) is 5.60. The van der Waals surface area contributed by atoms with Crippen molar-refractivity contribution in [1.29, 1.82) is 0 Å². The minimum absolute atomic E-state index is 0.326. The maximum Gasteiger partial charge on any atom is 0.226 e. The van der Waals surface area contributed by atoms with Crippen LogP contribution in [0.1, 0.15) is 11.7 Å². The second-order valence-corrected chi connectivity index (χ2v) is 3.95. The second-order valence-electron chi connectivity index (χ2n) is 3.95. The van der Waals surface area contributed by atoms with Gasteiger partial charge in [-0.15, -0.1) is 0 Å². The van der Waals surface area contributed by atoms with E-state index in [0.717, 1.165) is 17.0 Å². The minimum Gasteiger partial charge on any atom is -0.495 e. The fourth-order valence-electron chi connectivity index (χ4n) is 2.03. The molecule has 1 aromatic heterocycles. The lowest BCUT2D eigenvalue weighted by molar-refractivity contribution is 0.414. The van der Waals surface area contributed by atoms with Gasteiger partial charge in [-0.3, -0.25) is 0 Å². The zero-order chi connectivity index (χ0) is 12.5.